The van der Waals surface area contributed by atoms with Crippen LogP contribution in [0.3, 0.4) is 0 Å². The molecule has 0 radical (unpaired) electrons. The highest BCUT2D eigenvalue weighted by Gasteiger charge is 2.08. The summed E-state index contributed by atoms with van der Waals surface area (Å²) in [5.41, 5.74) is 3.96. The number of aryl methyl sites for hydroxylation is 2. The van der Waals surface area contributed by atoms with Crippen molar-refractivity contribution in [2.45, 2.75) is 27.7 Å². The third-order valence-corrected chi connectivity index (χ3v) is 3.11. The molecule has 0 aliphatic carbocycles. The van der Waals surface area contributed by atoms with Gasteiger partial charge in [0.05, 0.1) is 0 Å². The Kier molecular flexibility index (Phi) is 2.19. The molecule has 0 aromatic carbocycles. The van der Waals surface area contributed by atoms with E-state index in [2.05, 4.69) is 34.3 Å². The summed E-state index contributed by atoms with van der Waals surface area (Å²) in [6, 6.07) is 0. The van der Waals surface area contributed by atoms with Crippen LogP contribution in [0.2, 0.25) is 0 Å². The van der Waals surface area contributed by atoms with E-state index >= 15 is 0 Å². The molecule has 0 amide bonds. The maximum Gasteiger partial charge on any atom is 0.00946 e. The van der Waals surface area contributed by atoms with E-state index in [0.29, 0.717) is 0 Å². The largest absolute Gasteiger partial charge is 0.145 e. The molecule has 0 saturated heterocycles. The maximum absolute atomic E-state index is 3.97. The van der Waals surface area contributed by atoms with Crippen molar-refractivity contribution in [3.63, 3.8) is 0 Å². The van der Waals surface area contributed by atoms with Crippen molar-refractivity contribution in [1.29, 1.82) is 0 Å². The molecule has 0 saturated carbocycles. The molecule has 1 heterocycles. The zero-order chi connectivity index (χ0) is 8.59. The summed E-state index contributed by atoms with van der Waals surface area (Å²) in [7, 11) is 0. The summed E-state index contributed by atoms with van der Waals surface area (Å²) in [6.07, 6.45) is 0. The van der Waals surface area contributed by atoms with E-state index < -0.39 is 0 Å². The van der Waals surface area contributed by atoms with E-state index in [1.54, 1.807) is 0 Å². The molecule has 0 N–H and O–H groups in total. The fourth-order valence-electron chi connectivity index (χ4n) is 1.42. The Morgan fingerprint density at radius 1 is 1.18 bits per heavy atom. The second-order valence-corrected chi connectivity index (χ2v) is 4.42. The van der Waals surface area contributed by atoms with Gasteiger partial charge < -0.3 is 0 Å². The van der Waals surface area contributed by atoms with Gasteiger partial charge in [0.2, 0.25) is 0 Å². The highest BCUT2D eigenvalue weighted by atomic mass is 32.1. The van der Waals surface area contributed by atoms with Crippen LogP contribution in [0.4, 0.5) is 0 Å². The fourth-order valence-corrected chi connectivity index (χ4v) is 2.56. The molecular weight excluding hydrogens is 152 g/mol. The van der Waals surface area contributed by atoms with Gasteiger partial charge in [-0.15, -0.1) is 11.3 Å². The van der Waals surface area contributed by atoms with Crippen molar-refractivity contribution in [3.8, 4) is 0 Å². The first-order valence-electron chi connectivity index (χ1n) is 3.76. The number of hydrogen-bond donors (Lipinski definition) is 0. The van der Waals surface area contributed by atoms with Crippen molar-refractivity contribution in [1.82, 2.24) is 0 Å². The minimum Gasteiger partial charge on any atom is -0.145 e. The highest BCUT2D eigenvalue weighted by Crippen LogP contribution is 2.30. The van der Waals surface area contributed by atoms with E-state index in [9.17, 15) is 0 Å². The number of hydrogen-bond acceptors (Lipinski definition) is 1. The third-order valence-electron chi connectivity index (χ3n) is 1.99. The quantitative estimate of drug-likeness (QED) is 0.596. The molecule has 1 rings (SSSR count). The van der Waals surface area contributed by atoms with Crippen LogP contribution in [0.5, 0.6) is 0 Å². The van der Waals surface area contributed by atoms with Gasteiger partial charge in [-0.05, 0) is 44.4 Å². The molecule has 0 nitrogen and oxygen atoms in total. The van der Waals surface area contributed by atoms with Gasteiger partial charge in [0.1, 0.15) is 0 Å². The molecule has 1 aromatic rings. The second kappa shape index (κ2) is 2.82. The Balaban J connectivity index is 3.34. The summed E-state index contributed by atoms with van der Waals surface area (Å²) >= 11 is 1.86. The van der Waals surface area contributed by atoms with E-state index in [4.69, 9.17) is 0 Å². The molecule has 60 valence electrons. The van der Waals surface area contributed by atoms with Gasteiger partial charge in [0.25, 0.3) is 0 Å². The Hall–Kier alpha value is -0.560. The minimum absolute atomic E-state index is 1.18. The van der Waals surface area contributed by atoms with Crippen molar-refractivity contribution in [3.05, 3.63) is 27.5 Å². The lowest BCUT2D eigenvalue weighted by atomic mass is 10.0. The van der Waals surface area contributed by atoms with Crippen LogP contribution >= 0.6 is 11.3 Å². The van der Waals surface area contributed by atoms with Gasteiger partial charge in [-0.25, -0.2) is 0 Å². The lowest BCUT2D eigenvalue weighted by Gasteiger charge is -1.99. The Morgan fingerprint density at radius 2 is 1.73 bits per heavy atom. The predicted molar refractivity (Wildman–Crippen MR) is 53.2 cm³/mol. The molecule has 0 fully saturated rings. The Labute approximate surface area is 72.6 Å². The normalized spacial score (nSPS) is 10.2. The number of thiophene rings is 1. The molecule has 0 aliphatic heterocycles. The highest BCUT2D eigenvalue weighted by molar-refractivity contribution is 7.12. The Bertz CT molecular complexity index is 292. The van der Waals surface area contributed by atoms with Crippen LogP contribution in [0.25, 0.3) is 5.57 Å². The van der Waals surface area contributed by atoms with E-state index in [0.717, 1.165) is 0 Å². The molecule has 0 spiro atoms. The second-order valence-electron chi connectivity index (χ2n) is 2.99. The zero-order valence-electron chi connectivity index (χ0n) is 7.62. The Morgan fingerprint density at radius 3 is 1.91 bits per heavy atom. The molecule has 1 aromatic heterocycles. The number of allylic oxidation sites excluding steroid dienone is 1. The fraction of sp³-hybridized carbons (Fsp3) is 0.400. The van der Waals surface area contributed by atoms with Crippen molar-refractivity contribution in [2.75, 3.05) is 0 Å². The summed E-state index contributed by atoms with van der Waals surface area (Å²) in [6.45, 7) is 12.5. The smallest absolute Gasteiger partial charge is 0.00946 e. The van der Waals surface area contributed by atoms with Gasteiger partial charge in [-0.1, -0.05) is 6.58 Å². The molecule has 1 heteroatoms. The van der Waals surface area contributed by atoms with Crippen LogP contribution in [-0.4, -0.2) is 0 Å². The molecule has 0 aliphatic rings. The molecular formula is C10H14S. The van der Waals surface area contributed by atoms with E-state index in [1.807, 2.05) is 11.3 Å². The van der Waals surface area contributed by atoms with Crippen LogP contribution in [-0.2, 0) is 0 Å². The predicted octanol–water partition coefficient (Wildman–Crippen LogP) is 3.71. The summed E-state index contributed by atoms with van der Waals surface area (Å²) < 4.78 is 0. The lowest BCUT2D eigenvalue weighted by molar-refractivity contribution is 1.38. The first kappa shape index (κ1) is 8.54. The average Bonchev–Trinajstić information content (AvgIpc) is 2.07. The van der Waals surface area contributed by atoms with Crippen molar-refractivity contribution < 1.29 is 0 Å². The SMILES string of the molecule is C=C(C)c1c(C)sc(C)c1C. The standard InChI is InChI=1S/C10H14S/c1-6(2)10-7(3)8(4)11-9(10)5/h1H2,2-5H3. The van der Waals surface area contributed by atoms with Gasteiger partial charge in [0.15, 0.2) is 0 Å². The van der Waals surface area contributed by atoms with Crippen LogP contribution in [0.15, 0.2) is 6.58 Å². The first-order valence-corrected chi connectivity index (χ1v) is 4.58. The van der Waals surface area contributed by atoms with Crippen LogP contribution in [0, 0.1) is 20.8 Å². The average molecular weight is 166 g/mol. The first-order chi connectivity index (χ1) is 5.04. The van der Waals surface area contributed by atoms with Crippen LogP contribution < -0.4 is 0 Å². The summed E-state index contributed by atoms with van der Waals surface area (Å²) in [5.74, 6) is 0. The summed E-state index contributed by atoms with van der Waals surface area (Å²) in [5, 5.41) is 0. The van der Waals surface area contributed by atoms with E-state index in [1.165, 1.54) is 26.5 Å². The van der Waals surface area contributed by atoms with Gasteiger partial charge >= 0.3 is 0 Å². The maximum atomic E-state index is 3.97. The van der Waals surface area contributed by atoms with Crippen molar-refractivity contribution >= 4 is 16.9 Å². The topological polar surface area (TPSA) is 0 Å². The van der Waals surface area contributed by atoms with Gasteiger partial charge in [0, 0.05) is 9.75 Å². The molecule has 11 heavy (non-hydrogen) atoms. The lowest BCUT2D eigenvalue weighted by Crippen LogP contribution is -1.81. The summed E-state index contributed by atoms with van der Waals surface area (Å²) in [4.78, 5) is 2.81. The molecule has 0 bridgehead atoms. The van der Waals surface area contributed by atoms with Gasteiger partial charge in [-0.2, -0.15) is 0 Å². The van der Waals surface area contributed by atoms with E-state index in [-0.39, 0.29) is 0 Å². The van der Waals surface area contributed by atoms with Gasteiger partial charge in [-0.3, -0.25) is 0 Å². The van der Waals surface area contributed by atoms with Crippen LogP contribution in [0.1, 0.15) is 27.8 Å². The zero-order valence-corrected chi connectivity index (χ0v) is 8.43. The number of rotatable bonds is 1. The third kappa shape index (κ3) is 1.38. The monoisotopic (exact) mass is 166 g/mol. The van der Waals surface area contributed by atoms with Crippen molar-refractivity contribution in [2.24, 2.45) is 0 Å². The minimum atomic E-state index is 1.18. The molecule has 0 atom stereocenters. The molecule has 0 unspecified atom stereocenters.